The van der Waals surface area contributed by atoms with E-state index in [-0.39, 0.29) is 38.1 Å². The fourth-order valence-corrected chi connectivity index (χ4v) is 3.59. The molecule has 0 aliphatic carbocycles. The van der Waals surface area contributed by atoms with E-state index in [4.69, 9.17) is 4.74 Å². The normalized spacial score (nSPS) is 21.6. The van der Waals surface area contributed by atoms with Gasteiger partial charge in [0.2, 0.25) is 0 Å². The molecule has 0 bridgehead atoms. The SMILES string of the molecule is CCOC(=O)NC[C@@H]1C[C@H](F)CN1C(=O)c1ccc(C)c(N2CCNC2=O)c1. The minimum atomic E-state index is -1.15. The van der Waals surface area contributed by atoms with Gasteiger partial charge in [-0.1, -0.05) is 6.07 Å². The molecule has 2 saturated heterocycles. The zero-order valence-electron chi connectivity index (χ0n) is 16.0. The van der Waals surface area contributed by atoms with E-state index in [2.05, 4.69) is 10.6 Å². The van der Waals surface area contributed by atoms with Crippen LogP contribution in [0.2, 0.25) is 0 Å². The molecule has 0 saturated carbocycles. The van der Waals surface area contributed by atoms with E-state index in [9.17, 15) is 18.8 Å². The van der Waals surface area contributed by atoms with E-state index >= 15 is 0 Å². The predicted octanol–water partition coefficient (Wildman–Crippen LogP) is 1.82. The van der Waals surface area contributed by atoms with E-state index in [1.54, 1.807) is 30.0 Å². The minimum Gasteiger partial charge on any atom is -0.450 e. The van der Waals surface area contributed by atoms with E-state index in [1.165, 1.54) is 4.90 Å². The molecule has 0 spiro atoms. The van der Waals surface area contributed by atoms with Gasteiger partial charge in [-0.3, -0.25) is 9.69 Å². The van der Waals surface area contributed by atoms with Gasteiger partial charge in [-0.2, -0.15) is 0 Å². The highest BCUT2D eigenvalue weighted by molar-refractivity contribution is 5.99. The summed E-state index contributed by atoms with van der Waals surface area (Å²) in [5, 5.41) is 5.31. The fourth-order valence-electron chi connectivity index (χ4n) is 3.59. The average Bonchev–Trinajstić information content (AvgIpc) is 3.25. The Morgan fingerprint density at radius 3 is 2.86 bits per heavy atom. The first-order valence-corrected chi connectivity index (χ1v) is 9.42. The summed E-state index contributed by atoms with van der Waals surface area (Å²) in [5.74, 6) is -0.323. The topological polar surface area (TPSA) is 91.0 Å². The van der Waals surface area contributed by atoms with Crippen molar-refractivity contribution in [3.05, 3.63) is 29.3 Å². The molecule has 2 atom stereocenters. The fraction of sp³-hybridized carbons (Fsp3) is 0.526. The lowest BCUT2D eigenvalue weighted by Gasteiger charge is -2.25. The minimum absolute atomic E-state index is 0.0264. The number of nitrogens with zero attached hydrogens (tertiary/aromatic N) is 2. The first-order valence-electron chi connectivity index (χ1n) is 9.42. The molecule has 2 N–H and O–H groups in total. The summed E-state index contributed by atoms with van der Waals surface area (Å²) in [6.45, 7) is 4.97. The molecule has 3 rings (SSSR count). The first kappa shape index (κ1) is 19.9. The molecule has 9 heteroatoms. The van der Waals surface area contributed by atoms with E-state index in [0.717, 1.165) is 5.56 Å². The van der Waals surface area contributed by atoms with Gasteiger partial charge >= 0.3 is 12.1 Å². The van der Waals surface area contributed by atoms with Crippen LogP contribution in [-0.4, -0.2) is 67.9 Å². The van der Waals surface area contributed by atoms with E-state index in [1.807, 2.05) is 6.92 Å². The molecule has 0 aromatic heterocycles. The number of halogens is 1. The van der Waals surface area contributed by atoms with Crippen LogP contribution in [-0.2, 0) is 4.74 Å². The summed E-state index contributed by atoms with van der Waals surface area (Å²) < 4.78 is 18.8. The molecule has 2 heterocycles. The highest BCUT2D eigenvalue weighted by Crippen LogP contribution is 2.27. The van der Waals surface area contributed by atoms with Crippen LogP contribution in [0.1, 0.15) is 29.3 Å². The number of amides is 4. The van der Waals surface area contributed by atoms with Crippen LogP contribution in [0.25, 0.3) is 0 Å². The second-order valence-electron chi connectivity index (χ2n) is 6.93. The number of rotatable bonds is 5. The van der Waals surface area contributed by atoms with Crippen molar-refractivity contribution in [2.45, 2.75) is 32.5 Å². The number of nitrogens with one attached hydrogen (secondary N) is 2. The molecule has 4 amide bonds. The molecule has 28 heavy (non-hydrogen) atoms. The van der Waals surface area contributed by atoms with Crippen LogP contribution < -0.4 is 15.5 Å². The monoisotopic (exact) mass is 392 g/mol. The third-order valence-electron chi connectivity index (χ3n) is 4.99. The van der Waals surface area contributed by atoms with Crippen molar-refractivity contribution in [2.75, 3.05) is 37.7 Å². The van der Waals surface area contributed by atoms with Gasteiger partial charge in [-0.05, 0) is 31.5 Å². The standard InChI is InChI=1S/C19H25FN4O4/c1-3-28-19(27)22-10-15-9-14(20)11-24(15)17(25)13-5-4-12(2)16(8-13)23-7-6-21-18(23)26/h4-5,8,14-15H,3,6-7,9-11H2,1-2H3,(H,21,26)(H,22,27)/t14-,15-/m0/s1. The maximum atomic E-state index is 14.0. The number of alkyl carbamates (subject to hydrolysis) is 1. The van der Waals surface area contributed by atoms with Crippen molar-refractivity contribution < 1.29 is 23.5 Å². The number of alkyl halides is 1. The van der Waals surface area contributed by atoms with Crippen molar-refractivity contribution in [2.24, 2.45) is 0 Å². The lowest BCUT2D eigenvalue weighted by molar-refractivity contribution is 0.0724. The molecule has 8 nitrogen and oxygen atoms in total. The summed E-state index contributed by atoms with van der Waals surface area (Å²) >= 11 is 0. The van der Waals surface area contributed by atoms with Crippen molar-refractivity contribution >= 4 is 23.7 Å². The zero-order chi connectivity index (χ0) is 20.3. The van der Waals surface area contributed by atoms with Crippen molar-refractivity contribution in [1.29, 1.82) is 0 Å². The Balaban J connectivity index is 1.76. The van der Waals surface area contributed by atoms with E-state index in [0.29, 0.717) is 24.3 Å². The van der Waals surface area contributed by atoms with Crippen LogP contribution >= 0.6 is 0 Å². The number of carbonyl (C=O) groups is 3. The molecular formula is C19H25FN4O4. The third-order valence-corrected chi connectivity index (χ3v) is 4.99. The number of anilines is 1. The number of ether oxygens (including phenoxy) is 1. The molecule has 152 valence electrons. The Bertz CT molecular complexity index is 772. The van der Waals surface area contributed by atoms with E-state index < -0.39 is 18.3 Å². The summed E-state index contributed by atoms with van der Waals surface area (Å²) in [5.41, 5.74) is 1.92. The maximum Gasteiger partial charge on any atom is 0.407 e. The highest BCUT2D eigenvalue weighted by atomic mass is 19.1. The van der Waals surface area contributed by atoms with Gasteiger partial charge < -0.3 is 20.3 Å². The van der Waals surface area contributed by atoms with Crippen LogP contribution in [0, 0.1) is 6.92 Å². The number of hydrogen-bond acceptors (Lipinski definition) is 4. The number of carbonyl (C=O) groups excluding carboxylic acids is 3. The van der Waals surface area contributed by atoms with Gasteiger partial charge in [0.25, 0.3) is 5.91 Å². The quantitative estimate of drug-likeness (QED) is 0.800. The Labute approximate surface area is 163 Å². The lowest BCUT2D eigenvalue weighted by Crippen LogP contribution is -2.43. The van der Waals surface area contributed by atoms with Gasteiger partial charge in [-0.25, -0.2) is 14.0 Å². The van der Waals surface area contributed by atoms with Crippen LogP contribution in [0.3, 0.4) is 0 Å². The molecule has 2 aliphatic heterocycles. The van der Waals surface area contributed by atoms with Crippen molar-refractivity contribution in [3.8, 4) is 0 Å². The first-order chi connectivity index (χ1) is 13.4. The Kier molecular flexibility index (Phi) is 6.01. The molecule has 0 radical (unpaired) electrons. The molecule has 0 unspecified atom stereocenters. The summed E-state index contributed by atoms with van der Waals surface area (Å²) in [6, 6.07) is 4.48. The predicted molar refractivity (Wildman–Crippen MR) is 101 cm³/mol. The van der Waals surface area contributed by atoms with Gasteiger partial charge in [-0.15, -0.1) is 0 Å². The van der Waals surface area contributed by atoms with Gasteiger partial charge in [0.1, 0.15) is 6.17 Å². The van der Waals surface area contributed by atoms with Crippen molar-refractivity contribution in [3.63, 3.8) is 0 Å². The Hall–Kier alpha value is -2.84. The summed E-state index contributed by atoms with van der Waals surface area (Å²) in [7, 11) is 0. The van der Waals surface area contributed by atoms with Crippen LogP contribution in [0.4, 0.5) is 19.7 Å². The molecule has 2 aliphatic rings. The van der Waals surface area contributed by atoms with Crippen LogP contribution in [0.15, 0.2) is 18.2 Å². The molecular weight excluding hydrogens is 367 g/mol. The average molecular weight is 392 g/mol. The zero-order valence-corrected chi connectivity index (χ0v) is 16.0. The third kappa shape index (κ3) is 4.18. The maximum absolute atomic E-state index is 14.0. The summed E-state index contributed by atoms with van der Waals surface area (Å²) in [6.07, 6.45) is -1.58. The number of likely N-dealkylation sites (tertiary alicyclic amines) is 1. The number of urea groups is 1. The molecule has 1 aromatic carbocycles. The Morgan fingerprint density at radius 1 is 1.39 bits per heavy atom. The number of aryl methyl sites for hydroxylation is 1. The van der Waals surface area contributed by atoms with Gasteiger partial charge in [0.05, 0.1) is 19.2 Å². The summed E-state index contributed by atoms with van der Waals surface area (Å²) in [4.78, 5) is 39.6. The number of benzene rings is 1. The van der Waals surface area contributed by atoms with Gasteiger partial charge in [0, 0.05) is 37.3 Å². The van der Waals surface area contributed by atoms with Crippen LogP contribution in [0.5, 0.6) is 0 Å². The number of hydrogen-bond donors (Lipinski definition) is 2. The largest absolute Gasteiger partial charge is 0.450 e. The lowest BCUT2D eigenvalue weighted by atomic mass is 10.1. The van der Waals surface area contributed by atoms with Crippen molar-refractivity contribution in [1.82, 2.24) is 15.5 Å². The highest BCUT2D eigenvalue weighted by Gasteiger charge is 2.36. The molecule has 1 aromatic rings. The molecule has 2 fully saturated rings. The second kappa shape index (κ2) is 8.45. The Morgan fingerprint density at radius 2 is 2.18 bits per heavy atom. The smallest absolute Gasteiger partial charge is 0.407 e. The second-order valence-corrected chi connectivity index (χ2v) is 6.93. The van der Waals surface area contributed by atoms with Gasteiger partial charge in [0.15, 0.2) is 0 Å².